The third-order valence-corrected chi connectivity index (χ3v) is 5.12. The van der Waals surface area contributed by atoms with Gasteiger partial charge in [-0.1, -0.05) is 36.4 Å². The van der Waals surface area contributed by atoms with E-state index in [1.165, 1.54) is 22.3 Å². The predicted octanol–water partition coefficient (Wildman–Crippen LogP) is 8.17. The second-order valence-corrected chi connectivity index (χ2v) is 13.0. The molecule has 0 bridgehead atoms. The number of nitrogens with zero attached hydrogens (tertiary/aromatic N) is 2. The van der Waals surface area contributed by atoms with Crippen LogP contribution in [-0.2, 0) is 11.3 Å². The van der Waals surface area contributed by atoms with E-state index in [1.807, 2.05) is 12.4 Å². The number of aliphatic imine (C=N–C) groups is 2. The molecule has 0 amide bonds. The second-order valence-electron chi connectivity index (χ2n) is 6.29. The van der Waals surface area contributed by atoms with Gasteiger partial charge in [-0.15, -0.1) is 11.3 Å². The summed E-state index contributed by atoms with van der Waals surface area (Å²) in [6, 6.07) is 16.7. The average molecular weight is 562 g/mol. The Hall–Kier alpha value is -1.04. The molecule has 0 aliphatic carbocycles. The van der Waals surface area contributed by atoms with E-state index in [1.54, 1.807) is 11.3 Å². The van der Waals surface area contributed by atoms with E-state index >= 15 is 0 Å². The number of rotatable bonds is 4. The van der Waals surface area contributed by atoms with Gasteiger partial charge in [-0.3, -0.25) is 9.98 Å². The minimum absolute atomic E-state index is 0.875. The van der Waals surface area contributed by atoms with Crippen LogP contribution in [-0.4, -0.2) is 12.4 Å². The summed E-state index contributed by atoms with van der Waals surface area (Å²) in [4.78, 5) is 11.6. The number of halogens is 2. The molecule has 3 aromatic rings. The summed E-state index contributed by atoms with van der Waals surface area (Å²) in [6.45, 7) is 8.38. The Kier molecular flexibility index (Phi) is 9.83. The summed E-state index contributed by atoms with van der Waals surface area (Å²) in [5.74, 6) is 0. The molecule has 0 aliphatic rings. The molecule has 6 heteroatoms. The topological polar surface area (TPSA) is 24.7 Å². The Morgan fingerprint density at radius 2 is 1.00 bits per heavy atom. The molecule has 0 unspecified atom stereocenters. The van der Waals surface area contributed by atoms with Crippen molar-refractivity contribution in [3.8, 4) is 0 Å². The number of aryl methyl sites for hydroxylation is 4. The van der Waals surface area contributed by atoms with Gasteiger partial charge in [0.05, 0.1) is 11.4 Å². The molecule has 1 aromatic heterocycles. The molecular formula is C22H22Br2FeN2S. The summed E-state index contributed by atoms with van der Waals surface area (Å²) in [6.07, 6.45) is 3.88. The first-order valence-electron chi connectivity index (χ1n) is 8.62. The van der Waals surface area contributed by atoms with Crippen LogP contribution < -0.4 is 0 Å². The van der Waals surface area contributed by atoms with Crippen molar-refractivity contribution in [3.63, 3.8) is 0 Å². The molecular weight excluding hydrogens is 540 g/mol. The van der Waals surface area contributed by atoms with Crippen LogP contribution in [0.4, 0.5) is 11.4 Å². The molecule has 148 valence electrons. The van der Waals surface area contributed by atoms with Crippen molar-refractivity contribution >= 4 is 63.4 Å². The Morgan fingerprint density at radius 1 is 0.679 bits per heavy atom. The van der Waals surface area contributed by atoms with Crippen molar-refractivity contribution in [3.05, 3.63) is 80.5 Å². The zero-order valence-corrected chi connectivity index (χ0v) is 21.3. The third-order valence-electron chi connectivity index (χ3n) is 4.17. The Balaban J connectivity index is 0.000000878. The van der Waals surface area contributed by atoms with Crippen LogP contribution in [0.1, 0.15) is 32.0 Å². The van der Waals surface area contributed by atoms with Crippen LogP contribution in [0.25, 0.3) is 0 Å². The van der Waals surface area contributed by atoms with Gasteiger partial charge in [0.2, 0.25) is 0 Å². The van der Waals surface area contributed by atoms with Crippen LogP contribution in [0.3, 0.4) is 0 Å². The van der Waals surface area contributed by atoms with E-state index in [2.05, 4.69) is 114 Å². The first-order chi connectivity index (χ1) is 13.5. The molecule has 0 spiro atoms. The van der Waals surface area contributed by atoms with Gasteiger partial charge in [0, 0.05) is 22.2 Å². The van der Waals surface area contributed by atoms with Crippen molar-refractivity contribution in [2.75, 3.05) is 0 Å². The van der Waals surface area contributed by atoms with Gasteiger partial charge in [0.15, 0.2) is 0 Å². The molecule has 2 aromatic carbocycles. The van der Waals surface area contributed by atoms with Crippen LogP contribution >= 0.6 is 39.6 Å². The van der Waals surface area contributed by atoms with E-state index in [-0.39, 0.29) is 0 Å². The van der Waals surface area contributed by atoms with Crippen molar-refractivity contribution in [2.45, 2.75) is 27.7 Å². The fraction of sp³-hybridized carbons (Fsp3) is 0.182. The average Bonchev–Trinajstić information content (AvgIpc) is 3.09. The molecule has 0 atom stereocenters. The first-order valence-corrected chi connectivity index (χ1v) is 14.9. The monoisotopic (exact) mass is 560 g/mol. The normalized spacial score (nSPS) is 11.2. The fourth-order valence-electron chi connectivity index (χ4n) is 2.78. The van der Waals surface area contributed by atoms with Crippen LogP contribution in [0.2, 0.25) is 0 Å². The van der Waals surface area contributed by atoms with Crippen LogP contribution in [0.15, 0.2) is 58.5 Å². The zero-order valence-electron chi connectivity index (χ0n) is 16.2. The van der Waals surface area contributed by atoms with Gasteiger partial charge in [0.1, 0.15) is 0 Å². The summed E-state index contributed by atoms with van der Waals surface area (Å²) < 4.78 is 0. The van der Waals surface area contributed by atoms with E-state index in [0.717, 1.165) is 32.5 Å². The van der Waals surface area contributed by atoms with Crippen LogP contribution in [0.5, 0.6) is 0 Å². The summed E-state index contributed by atoms with van der Waals surface area (Å²) in [5.41, 5.74) is 6.91. The van der Waals surface area contributed by atoms with Gasteiger partial charge in [-0.2, -0.15) is 0 Å². The van der Waals surface area contributed by atoms with Crippen LogP contribution in [0, 0.1) is 27.7 Å². The van der Waals surface area contributed by atoms with Crippen molar-refractivity contribution < 1.29 is 11.3 Å². The van der Waals surface area contributed by atoms with E-state index in [9.17, 15) is 0 Å². The summed E-state index contributed by atoms with van der Waals surface area (Å²) >= 11 is 8.70. The molecule has 0 aliphatic heterocycles. The number of hydrogen-bond acceptors (Lipinski definition) is 3. The molecule has 0 saturated carbocycles. The molecule has 3 rings (SSSR count). The SMILES string of the molecule is Cc1cccc(C)c1N=Cc1ccc(C=Nc2c(C)cccc2C)s1.[Br][Fe][Br]. The van der Waals surface area contributed by atoms with Gasteiger partial charge < -0.3 is 0 Å². The van der Waals surface area contributed by atoms with Crippen molar-refractivity contribution in [1.29, 1.82) is 0 Å². The second kappa shape index (κ2) is 11.8. The molecule has 0 N–H and O–H groups in total. The quantitative estimate of drug-likeness (QED) is 0.227. The third kappa shape index (κ3) is 6.78. The minimum atomic E-state index is 0.875. The van der Waals surface area contributed by atoms with Gasteiger partial charge in [0.25, 0.3) is 0 Å². The van der Waals surface area contributed by atoms with Crippen molar-refractivity contribution in [1.82, 2.24) is 0 Å². The van der Waals surface area contributed by atoms with Gasteiger partial charge in [-0.05, 0) is 62.1 Å². The molecule has 0 radical (unpaired) electrons. The Bertz CT molecular complexity index is 864. The molecule has 0 fully saturated rings. The summed E-state index contributed by atoms with van der Waals surface area (Å²) in [7, 11) is 0. The molecule has 1 heterocycles. The maximum absolute atomic E-state index is 4.68. The standard InChI is InChI=1S/C22H22N2S.2BrH.Fe/c1-15-7-5-8-16(2)21(15)23-13-19-11-12-20(25-19)14-24-22-17(3)9-6-10-18(22)4;;;/h5-14H,1-4H3;2*1H;/q;;;+2/p-2. The van der Waals surface area contributed by atoms with E-state index in [4.69, 9.17) is 0 Å². The predicted molar refractivity (Wildman–Crippen MR) is 129 cm³/mol. The first kappa shape index (κ1) is 23.2. The van der Waals surface area contributed by atoms with E-state index in [0.29, 0.717) is 0 Å². The molecule has 28 heavy (non-hydrogen) atoms. The number of para-hydroxylation sites is 2. The van der Waals surface area contributed by atoms with Gasteiger partial charge in [-0.25, -0.2) is 0 Å². The Morgan fingerprint density at radius 3 is 1.32 bits per heavy atom. The van der Waals surface area contributed by atoms with Crippen molar-refractivity contribution in [2.24, 2.45) is 9.98 Å². The van der Waals surface area contributed by atoms with E-state index < -0.39 is 0 Å². The molecule has 0 saturated heterocycles. The van der Waals surface area contributed by atoms with Gasteiger partial charge >= 0.3 is 39.6 Å². The maximum atomic E-state index is 4.68. The number of hydrogen-bond donors (Lipinski definition) is 0. The zero-order chi connectivity index (χ0) is 20.5. The summed E-state index contributed by atoms with van der Waals surface area (Å²) in [5, 5.41) is 0. The number of benzene rings is 2. The molecule has 2 nitrogen and oxygen atoms in total. The Labute approximate surface area is 191 Å². The fourth-order valence-corrected chi connectivity index (χ4v) is 3.54. The number of thiophene rings is 1.